The van der Waals surface area contributed by atoms with Crippen molar-refractivity contribution in [3.63, 3.8) is 0 Å². The lowest BCUT2D eigenvalue weighted by atomic mass is 9.89. The molecule has 2 nitrogen and oxygen atoms in total. The van der Waals surface area contributed by atoms with E-state index >= 15 is 0 Å². The summed E-state index contributed by atoms with van der Waals surface area (Å²) in [6, 6.07) is 22.9. The highest BCUT2D eigenvalue weighted by Gasteiger charge is 2.28. The number of aryl methyl sites for hydroxylation is 3. The number of nitrogens with zero attached hydrogens (tertiary/aromatic N) is 2. The predicted octanol–water partition coefficient (Wildman–Crippen LogP) is 8.32. The molecule has 0 atom stereocenters. The Morgan fingerprint density at radius 3 is 2.25 bits per heavy atom. The number of pyridine rings is 2. The molecule has 1 aliphatic rings. The Morgan fingerprint density at radius 2 is 1.47 bits per heavy atom. The lowest BCUT2D eigenvalue weighted by molar-refractivity contribution is -0.643. The van der Waals surface area contributed by atoms with E-state index < -0.39 is 0 Å². The van der Waals surface area contributed by atoms with Gasteiger partial charge in [0.05, 0.1) is 27.3 Å². The molecule has 1 fully saturated rings. The van der Waals surface area contributed by atoms with Crippen molar-refractivity contribution in [2.75, 3.05) is 0 Å². The van der Waals surface area contributed by atoms with Crippen LogP contribution >= 0.6 is 0 Å². The molecule has 2 heteroatoms. The second kappa shape index (κ2) is 7.20. The summed E-state index contributed by atoms with van der Waals surface area (Å²) in [6.07, 6.45) is 9.00. The number of benzene rings is 4. The van der Waals surface area contributed by atoms with Crippen LogP contribution in [0.3, 0.4) is 0 Å². The van der Waals surface area contributed by atoms with Crippen LogP contribution in [0.1, 0.15) is 42.4 Å². The van der Waals surface area contributed by atoms with Crippen molar-refractivity contribution in [1.29, 1.82) is 0 Å². The van der Waals surface area contributed by atoms with Gasteiger partial charge in [-0.25, -0.2) is 4.57 Å². The molecule has 3 heterocycles. The summed E-state index contributed by atoms with van der Waals surface area (Å²) in [5.41, 5.74) is 9.77. The Labute approximate surface area is 211 Å². The van der Waals surface area contributed by atoms with Gasteiger partial charge >= 0.3 is 0 Å². The SMILES string of the molecule is Cc1c2ccccc2c(C)c2c1c1c3c(cc[n+]1C)cc(CC1CCCC1)c1c4ccccc4n2c13. The van der Waals surface area contributed by atoms with Gasteiger partial charge < -0.3 is 4.40 Å². The fourth-order valence-electron chi connectivity index (χ4n) is 7.65. The van der Waals surface area contributed by atoms with Gasteiger partial charge in [-0.3, -0.25) is 0 Å². The molecule has 0 amide bonds. The van der Waals surface area contributed by atoms with Crippen molar-refractivity contribution in [2.45, 2.75) is 46.0 Å². The minimum Gasteiger partial charge on any atom is -0.307 e. The van der Waals surface area contributed by atoms with Gasteiger partial charge in [-0.05, 0) is 71.2 Å². The standard InChI is InChI=1S/C34H31N2/c1-20-25-12-6-7-13-26(25)21(2)32-29(20)33-31-23(16-17-35(33)3)19-24(18-22-10-4-5-11-22)30-27-14-8-9-15-28(27)36(32)34(30)31/h6-9,12-17,19,22H,4-5,10-11,18H2,1-3H3/q+1. The zero-order valence-corrected chi connectivity index (χ0v) is 21.4. The average molecular weight is 468 g/mol. The van der Waals surface area contributed by atoms with Crippen molar-refractivity contribution in [3.05, 3.63) is 83.6 Å². The summed E-state index contributed by atoms with van der Waals surface area (Å²) in [6.45, 7) is 4.65. The Kier molecular flexibility index (Phi) is 4.10. The summed E-state index contributed by atoms with van der Waals surface area (Å²) < 4.78 is 4.99. The van der Waals surface area contributed by atoms with Gasteiger partial charge in [0.15, 0.2) is 6.20 Å². The maximum Gasteiger partial charge on any atom is 0.224 e. The summed E-state index contributed by atoms with van der Waals surface area (Å²) in [5.74, 6) is 0.815. The van der Waals surface area contributed by atoms with Crippen molar-refractivity contribution in [3.8, 4) is 0 Å². The van der Waals surface area contributed by atoms with E-state index in [1.165, 1.54) is 109 Å². The fraction of sp³-hybridized carbons (Fsp3) is 0.265. The van der Waals surface area contributed by atoms with E-state index in [1.807, 2.05) is 0 Å². The third-order valence-corrected chi connectivity index (χ3v) is 9.26. The highest BCUT2D eigenvalue weighted by atomic mass is 15.0. The molecule has 36 heavy (non-hydrogen) atoms. The molecular formula is C34H31N2+. The first-order valence-electron chi connectivity index (χ1n) is 13.5. The third-order valence-electron chi connectivity index (χ3n) is 9.26. The van der Waals surface area contributed by atoms with Crippen molar-refractivity contribution in [1.82, 2.24) is 4.40 Å². The average Bonchev–Trinajstić information content (AvgIpc) is 3.54. The molecule has 7 aromatic rings. The van der Waals surface area contributed by atoms with E-state index in [0.29, 0.717) is 0 Å². The highest BCUT2D eigenvalue weighted by molar-refractivity contribution is 6.29. The van der Waals surface area contributed by atoms with Gasteiger partial charge in [-0.1, -0.05) is 68.1 Å². The Balaban J connectivity index is 1.71. The molecule has 4 aromatic carbocycles. The predicted molar refractivity (Wildman–Crippen MR) is 152 cm³/mol. The molecule has 1 saturated carbocycles. The van der Waals surface area contributed by atoms with Crippen LogP contribution in [0.2, 0.25) is 0 Å². The number of para-hydroxylation sites is 1. The van der Waals surface area contributed by atoms with E-state index in [1.54, 1.807) is 0 Å². The normalized spacial score (nSPS) is 15.2. The van der Waals surface area contributed by atoms with Crippen LogP contribution in [-0.4, -0.2) is 4.40 Å². The number of hydrogen-bond acceptors (Lipinski definition) is 0. The summed E-state index contributed by atoms with van der Waals surface area (Å²) >= 11 is 0. The zero-order valence-electron chi connectivity index (χ0n) is 21.4. The molecule has 3 aromatic heterocycles. The molecule has 0 aliphatic heterocycles. The van der Waals surface area contributed by atoms with Crippen LogP contribution in [0.4, 0.5) is 0 Å². The maximum absolute atomic E-state index is 2.63. The van der Waals surface area contributed by atoms with E-state index in [-0.39, 0.29) is 0 Å². The Bertz CT molecular complexity index is 2000. The number of fused-ring (bicyclic) bond motifs is 7. The van der Waals surface area contributed by atoms with Gasteiger partial charge in [0, 0.05) is 16.8 Å². The van der Waals surface area contributed by atoms with Crippen LogP contribution in [0.15, 0.2) is 66.9 Å². The monoisotopic (exact) mass is 467 g/mol. The van der Waals surface area contributed by atoms with Crippen molar-refractivity contribution < 1.29 is 4.57 Å². The van der Waals surface area contributed by atoms with Gasteiger partial charge in [-0.15, -0.1) is 0 Å². The molecule has 0 saturated heterocycles. The Morgan fingerprint density at radius 1 is 0.778 bits per heavy atom. The second-order valence-electron chi connectivity index (χ2n) is 11.2. The lowest BCUT2D eigenvalue weighted by Crippen LogP contribution is -2.29. The van der Waals surface area contributed by atoms with Gasteiger partial charge in [-0.2, -0.15) is 0 Å². The minimum atomic E-state index is 0.815. The van der Waals surface area contributed by atoms with Gasteiger partial charge in [0.25, 0.3) is 0 Å². The van der Waals surface area contributed by atoms with Crippen molar-refractivity contribution in [2.24, 2.45) is 13.0 Å². The van der Waals surface area contributed by atoms with Crippen LogP contribution in [0, 0.1) is 19.8 Å². The molecule has 0 unspecified atom stereocenters. The Hall–Kier alpha value is -3.65. The minimum absolute atomic E-state index is 0.815. The summed E-state index contributed by atoms with van der Waals surface area (Å²) in [4.78, 5) is 0. The third kappa shape index (κ3) is 2.50. The highest BCUT2D eigenvalue weighted by Crippen LogP contribution is 2.45. The molecule has 0 spiro atoms. The first kappa shape index (κ1) is 20.5. The molecule has 0 bridgehead atoms. The largest absolute Gasteiger partial charge is 0.307 e. The van der Waals surface area contributed by atoms with Crippen LogP contribution in [0.5, 0.6) is 0 Å². The van der Waals surface area contributed by atoms with Crippen LogP contribution in [-0.2, 0) is 13.5 Å². The number of aromatic nitrogens is 2. The molecule has 176 valence electrons. The van der Waals surface area contributed by atoms with Crippen molar-refractivity contribution >= 4 is 59.8 Å². The number of rotatable bonds is 2. The first-order valence-corrected chi connectivity index (χ1v) is 13.5. The molecule has 1 aliphatic carbocycles. The number of hydrogen-bond donors (Lipinski definition) is 0. The van der Waals surface area contributed by atoms with Gasteiger partial charge in [0.2, 0.25) is 5.52 Å². The van der Waals surface area contributed by atoms with E-state index in [4.69, 9.17) is 0 Å². The lowest BCUT2D eigenvalue weighted by Gasteiger charge is -2.18. The van der Waals surface area contributed by atoms with E-state index in [0.717, 1.165) is 5.92 Å². The van der Waals surface area contributed by atoms with Crippen LogP contribution in [0.25, 0.3) is 59.8 Å². The first-order chi connectivity index (χ1) is 17.6. The van der Waals surface area contributed by atoms with E-state index in [9.17, 15) is 0 Å². The van der Waals surface area contributed by atoms with Gasteiger partial charge in [0.1, 0.15) is 7.05 Å². The molecular weight excluding hydrogens is 436 g/mol. The summed E-state index contributed by atoms with van der Waals surface area (Å²) in [7, 11) is 2.22. The molecule has 8 rings (SSSR count). The topological polar surface area (TPSA) is 8.29 Å². The quantitative estimate of drug-likeness (QED) is 0.137. The van der Waals surface area contributed by atoms with Crippen LogP contribution < -0.4 is 4.57 Å². The summed E-state index contributed by atoms with van der Waals surface area (Å²) in [5, 5.41) is 9.78. The zero-order chi connectivity index (χ0) is 24.1. The maximum atomic E-state index is 2.63. The smallest absolute Gasteiger partial charge is 0.224 e. The molecule has 0 N–H and O–H groups in total. The van der Waals surface area contributed by atoms with E-state index in [2.05, 4.69) is 96.7 Å². The second-order valence-corrected chi connectivity index (χ2v) is 11.2. The molecule has 0 radical (unpaired) electrons. The fourth-order valence-corrected chi connectivity index (χ4v) is 7.65.